The monoisotopic (exact) mass is 330 g/mol. The Kier molecular flexibility index (Phi) is 5.38. The lowest BCUT2D eigenvalue weighted by Crippen LogP contribution is -2.72. The van der Waals surface area contributed by atoms with Crippen molar-refractivity contribution < 1.29 is 9.53 Å². The van der Waals surface area contributed by atoms with Crippen LogP contribution in [0, 0.1) is 28.1 Å². The molecule has 130 valence electrons. The number of hydrogen-bond donors (Lipinski definition) is 0. The van der Waals surface area contributed by atoms with Crippen molar-refractivity contribution in [2.45, 2.75) is 57.1 Å². The van der Waals surface area contributed by atoms with Gasteiger partial charge in [0.25, 0.3) is 0 Å². The number of rotatable bonds is 7. The second kappa shape index (κ2) is 7.51. The molecule has 0 bridgehead atoms. The topological polar surface area (TPSA) is 80.4 Å². The van der Waals surface area contributed by atoms with Crippen molar-refractivity contribution in [3.63, 3.8) is 0 Å². The highest BCUT2D eigenvalue weighted by atomic mass is 16.5. The van der Waals surface area contributed by atoms with Gasteiger partial charge < -0.3 is 9.64 Å². The summed E-state index contributed by atoms with van der Waals surface area (Å²) in [5.74, 6) is 0.0395. The van der Waals surface area contributed by atoms with Crippen LogP contribution in [-0.4, -0.2) is 60.6 Å². The third-order valence-corrected chi connectivity index (χ3v) is 5.88. The maximum atomic E-state index is 12.7. The van der Waals surface area contributed by atoms with Crippen molar-refractivity contribution in [2.24, 2.45) is 5.41 Å². The van der Waals surface area contributed by atoms with Crippen molar-refractivity contribution in [3.05, 3.63) is 0 Å². The third-order valence-electron chi connectivity index (χ3n) is 5.88. The molecule has 3 rings (SSSR count). The van der Waals surface area contributed by atoms with E-state index in [1.807, 2.05) is 0 Å². The smallest absolute Gasteiger partial charge is 0.236 e. The van der Waals surface area contributed by atoms with Gasteiger partial charge in [-0.1, -0.05) is 6.42 Å². The van der Waals surface area contributed by atoms with E-state index < -0.39 is 0 Å². The Morgan fingerprint density at radius 1 is 1.21 bits per heavy atom. The minimum atomic E-state index is 0.0395. The molecule has 3 fully saturated rings. The first-order valence-electron chi connectivity index (χ1n) is 9.07. The van der Waals surface area contributed by atoms with Crippen LogP contribution >= 0.6 is 0 Å². The van der Waals surface area contributed by atoms with Crippen molar-refractivity contribution in [1.29, 1.82) is 10.5 Å². The van der Waals surface area contributed by atoms with Gasteiger partial charge in [-0.15, -0.1) is 0 Å². The molecule has 0 N–H and O–H groups in total. The molecule has 0 radical (unpaired) electrons. The van der Waals surface area contributed by atoms with Gasteiger partial charge in [-0.25, -0.2) is 0 Å². The van der Waals surface area contributed by atoms with Crippen LogP contribution in [0.25, 0.3) is 0 Å². The van der Waals surface area contributed by atoms with Crippen molar-refractivity contribution in [2.75, 3.05) is 32.8 Å². The average molecular weight is 330 g/mol. The summed E-state index contributed by atoms with van der Waals surface area (Å²) in [4.78, 5) is 16.6. The molecule has 1 saturated carbocycles. The predicted octanol–water partition coefficient (Wildman–Crippen LogP) is 1.68. The Labute approximate surface area is 144 Å². The van der Waals surface area contributed by atoms with E-state index in [4.69, 9.17) is 15.3 Å². The molecular weight excluding hydrogens is 304 g/mol. The number of likely N-dealkylation sites (tertiary alicyclic amines) is 1. The zero-order valence-electron chi connectivity index (χ0n) is 14.2. The Morgan fingerprint density at radius 2 is 1.92 bits per heavy atom. The first-order chi connectivity index (χ1) is 11.7. The van der Waals surface area contributed by atoms with E-state index in [1.54, 1.807) is 4.90 Å². The molecule has 2 atom stereocenters. The Hall–Kier alpha value is -1.63. The van der Waals surface area contributed by atoms with Crippen LogP contribution in [0.4, 0.5) is 0 Å². The van der Waals surface area contributed by atoms with Gasteiger partial charge in [0.05, 0.1) is 37.6 Å². The summed E-state index contributed by atoms with van der Waals surface area (Å²) >= 11 is 0. The zero-order valence-corrected chi connectivity index (χ0v) is 14.2. The van der Waals surface area contributed by atoms with E-state index in [2.05, 4.69) is 17.0 Å². The molecule has 2 heterocycles. The minimum Gasteiger partial charge on any atom is -0.377 e. The maximum absolute atomic E-state index is 12.7. The number of carbonyl (C=O) groups excluding carboxylic acids is 1. The maximum Gasteiger partial charge on any atom is 0.236 e. The molecule has 3 aliphatic rings. The highest BCUT2D eigenvalue weighted by Crippen LogP contribution is 2.55. The third kappa shape index (κ3) is 3.27. The lowest BCUT2D eigenvalue weighted by molar-refractivity contribution is -0.178. The molecule has 1 spiro atoms. The first-order valence-corrected chi connectivity index (χ1v) is 9.07. The van der Waals surface area contributed by atoms with Crippen molar-refractivity contribution in [1.82, 2.24) is 9.80 Å². The van der Waals surface area contributed by atoms with Crippen molar-refractivity contribution >= 4 is 5.91 Å². The fraction of sp³-hybridized carbons (Fsp3) is 0.833. The van der Waals surface area contributed by atoms with Crippen LogP contribution in [-0.2, 0) is 9.53 Å². The SMILES string of the molecule is N#CCCN(CCC#N)C(=O)CN1CC2(CCC2)[C@H]1[C@@H]1CCCO1. The van der Waals surface area contributed by atoms with Crippen LogP contribution in [0.3, 0.4) is 0 Å². The van der Waals surface area contributed by atoms with E-state index in [-0.39, 0.29) is 12.0 Å². The Morgan fingerprint density at radius 3 is 2.42 bits per heavy atom. The molecule has 1 aliphatic carbocycles. The summed E-state index contributed by atoms with van der Waals surface area (Å²) < 4.78 is 5.94. The summed E-state index contributed by atoms with van der Waals surface area (Å²) in [5, 5.41) is 17.6. The average Bonchev–Trinajstić information content (AvgIpc) is 3.02. The molecule has 0 unspecified atom stereocenters. The Balaban J connectivity index is 1.59. The van der Waals surface area contributed by atoms with E-state index in [0.29, 0.717) is 43.9 Å². The van der Waals surface area contributed by atoms with E-state index >= 15 is 0 Å². The van der Waals surface area contributed by atoms with E-state index in [0.717, 1.165) is 26.0 Å². The summed E-state index contributed by atoms with van der Waals surface area (Å²) in [7, 11) is 0. The molecule has 6 nitrogen and oxygen atoms in total. The van der Waals surface area contributed by atoms with Crippen LogP contribution < -0.4 is 0 Å². The standard InChI is InChI=1S/C18H26N4O2/c19-8-3-10-21(11-4-9-20)16(23)13-22-14-18(6-2-7-18)17(22)15-5-1-12-24-15/h15,17H,1-7,10-14H2/t15-,17+/m0/s1. The van der Waals surface area contributed by atoms with Crippen LogP contribution in [0.1, 0.15) is 44.9 Å². The number of amides is 1. The second-order valence-electron chi connectivity index (χ2n) is 7.31. The van der Waals surface area contributed by atoms with E-state index in [9.17, 15) is 4.79 Å². The van der Waals surface area contributed by atoms with Crippen LogP contribution in [0.2, 0.25) is 0 Å². The zero-order chi connectivity index (χ0) is 17.0. The van der Waals surface area contributed by atoms with Gasteiger partial charge in [-0.05, 0) is 25.7 Å². The molecule has 2 saturated heterocycles. The van der Waals surface area contributed by atoms with Gasteiger partial charge in [0, 0.05) is 37.7 Å². The largest absolute Gasteiger partial charge is 0.377 e. The van der Waals surface area contributed by atoms with Gasteiger partial charge in [0.2, 0.25) is 5.91 Å². The van der Waals surface area contributed by atoms with E-state index in [1.165, 1.54) is 19.3 Å². The Bertz CT molecular complexity index is 522. The van der Waals surface area contributed by atoms with Gasteiger partial charge in [-0.3, -0.25) is 9.69 Å². The lowest BCUT2D eigenvalue weighted by Gasteiger charge is -2.64. The summed E-state index contributed by atoms with van der Waals surface area (Å²) in [6.45, 7) is 3.06. The normalized spacial score (nSPS) is 27.8. The molecule has 1 amide bonds. The molecule has 0 aromatic rings. The molecule has 24 heavy (non-hydrogen) atoms. The summed E-state index contributed by atoms with van der Waals surface area (Å²) in [6.07, 6.45) is 6.94. The first kappa shape index (κ1) is 17.2. The number of nitrogens with zero attached hydrogens (tertiary/aromatic N) is 4. The van der Waals surface area contributed by atoms with Crippen LogP contribution in [0.15, 0.2) is 0 Å². The fourth-order valence-corrected chi connectivity index (χ4v) is 4.60. The summed E-state index contributed by atoms with van der Waals surface area (Å²) in [5.41, 5.74) is 0.388. The highest BCUT2D eigenvalue weighted by Gasteiger charge is 2.59. The molecule has 6 heteroatoms. The number of hydrogen-bond acceptors (Lipinski definition) is 5. The van der Waals surface area contributed by atoms with Gasteiger partial charge in [0.1, 0.15) is 0 Å². The number of ether oxygens (including phenoxy) is 1. The molecule has 2 aliphatic heterocycles. The quantitative estimate of drug-likeness (QED) is 0.709. The predicted molar refractivity (Wildman–Crippen MR) is 87.7 cm³/mol. The molecular formula is C18H26N4O2. The van der Waals surface area contributed by atoms with Gasteiger partial charge >= 0.3 is 0 Å². The van der Waals surface area contributed by atoms with Crippen molar-refractivity contribution in [3.8, 4) is 12.1 Å². The highest BCUT2D eigenvalue weighted by molar-refractivity contribution is 5.78. The van der Waals surface area contributed by atoms with Crippen LogP contribution in [0.5, 0.6) is 0 Å². The van der Waals surface area contributed by atoms with Gasteiger partial charge in [-0.2, -0.15) is 10.5 Å². The molecule has 0 aromatic heterocycles. The molecule has 0 aromatic carbocycles. The van der Waals surface area contributed by atoms with Gasteiger partial charge in [0.15, 0.2) is 0 Å². The summed E-state index contributed by atoms with van der Waals surface area (Å²) in [6, 6.07) is 4.55. The number of carbonyl (C=O) groups is 1. The second-order valence-corrected chi connectivity index (χ2v) is 7.31. The number of nitriles is 2. The minimum absolute atomic E-state index is 0.0395. The lowest BCUT2D eigenvalue weighted by atomic mass is 9.56. The fourth-order valence-electron chi connectivity index (χ4n) is 4.60.